The van der Waals surface area contributed by atoms with Crippen LogP contribution in [0.5, 0.6) is 0 Å². The second-order valence-electron chi connectivity index (χ2n) is 4.88. The van der Waals surface area contributed by atoms with Crippen molar-refractivity contribution >= 4 is 46.4 Å². The van der Waals surface area contributed by atoms with E-state index in [0.717, 1.165) is 37.9 Å². The maximum absolute atomic E-state index is 6.01. The van der Waals surface area contributed by atoms with Crippen LogP contribution in [0.25, 0.3) is 0 Å². The number of thiazole rings is 1. The second-order valence-corrected chi connectivity index (χ2v) is 5.75. The average molecular weight is 395 g/mol. The molecule has 0 radical (unpaired) electrons. The molecule has 0 saturated carbocycles. The third kappa shape index (κ3) is 4.79. The van der Waals surface area contributed by atoms with Crippen LogP contribution in [-0.4, -0.2) is 48.6 Å². The van der Waals surface area contributed by atoms with E-state index in [2.05, 4.69) is 33.6 Å². The van der Waals surface area contributed by atoms with Crippen molar-refractivity contribution in [1.82, 2.24) is 9.88 Å². The van der Waals surface area contributed by atoms with E-state index >= 15 is 0 Å². The summed E-state index contributed by atoms with van der Waals surface area (Å²) in [6.45, 7) is 8.88. The fourth-order valence-corrected chi connectivity index (χ4v) is 2.57. The van der Waals surface area contributed by atoms with E-state index < -0.39 is 0 Å². The van der Waals surface area contributed by atoms with Gasteiger partial charge in [0.2, 0.25) is 0 Å². The van der Waals surface area contributed by atoms with Crippen LogP contribution in [0, 0.1) is 5.92 Å². The van der Waals surface area contributed by atoms with Crippen molar-refractivity contribution in [2.45, 2.75) is 13.8 Å². The van der Waals surface area contributed by atoms with Gasteiger partial charge in [0.25, 0.3) is 0 Å². The van der Waals surface area contributed by atoms with Crippen molar-refractivity contribution in [3.63, 3.8) is 0 Å². The minimum atomic E-state index is 0. The Balaban J connectivity index is 0.00000180. The third-order valence-corrected chi connectivity index (χ3v) is 3.74. The van der Waals surface area contributed by atoms with Crippen LogP contribution in [0.3, 0.4) is 0 Å². The molecule has 0 amide bonds. The van der Waals surface area contributed by atoms with Gasteiger partial charge in [-0.15, -0.1) is 35.3 Å². The smallest absolute Gasteiger partial charge is 0.191 e. The Morgan fingerprint density at radius 3 is 2.63 bits per heavy atom. The van der Waals surface area contributed by atoms with E-state index in [9.17, 15) is 0 Å². The molecule has 1 aromatic heterocycles. The molecule has 19 heavy (non-hydrogen) atoms. The first kappa shape index (κ1) is 16.5. The number of piperazine rings is 1. The second kappa shape index (κ2) is 7.88. The maximum Gasteiger partial charge on any atom is 0.191 e. The minimum absolute atomic E-state index is 0. The fourth-order valence-electron chi connectivity index (χ4n) is 1.88. The highest BCUT2D eigenvalue weighted by atomic mass is 127. The molecule has 0 bridgehead atoms. The van der Waals surface area contributed by atoms with Crippen LogP contribution < -0.4 is 10.6 Å². The van der Waals surface area contributed by atoms with Crippen molar-refractivity contribution in [3.05, 3.63) is 11.6 Å². The molecule has 5 nitrogen and oxygen atoms in total. The molecule has 0 aliphatic carbocycles. The van der Waals surface area contributed by atoms with E-state index in [1.54, 1.807) is 11.3 Å². The molecule has 2 rings (SSSR count). The zero-order chi connectivity index (χ0) is 13.0. The van der Waals surface area contributed by atoms with Crippen LogP contribution in [0.1, 0.15) is 13.8 Å². The largest absolute Gasteiger partial charge is 0.370 e. The summed E-state index contributed by atoms with van der Waals surface area (Å²) < 4.78 is 0. The van der Waals surface area contributed by atoms with Crippen molar-refractivity contribution in [1.29, 1.82) is 0 Å². The molecule has 1 aliphatic rings. The molecule has 0 unspecified atom stereocenters. The summed E-state index contributed by atoms with van der Waals surface area (Å²) in [5.74, 6) is 1.24. The fraction of sp³-hybridized carbons (Fsp3) is 0.667. The molecular weight excluding hydrogens is 373 g/mol. The lowest BCUT2D eigenvalue weighted by Gasteiger charge is -2.35. The highest BCUT2D eigenvalue weighted by molar-refractivity contribution is 14.0. The van der Waals surface area contributed by atoms with Gasteiger partial charge in [-0.25, -0.2) is 4.98 Å². The van der Waals surface area contributed by atoms with E-state index in [1.165, 1.54) is 0 Å². The summed E-state index contributed by atoms with van der Waals surface area (Å²) in [7, 11) is 0. The summed E-state index contributed by atoms with van der Waals surface area (Å²) >= 11 is 1.69. The number of halogens is 1. The molecule has 1 fully saturated rings. The number of hydrogen-bond acceptors (Lipinski definition) is 4. The van der Waals surface area contributed by atoms with E-state index in [-0.39, 0.29) is 24.0 Å². The van der Waals surface area contributed by atoms with Gasteiger partial charge in [0.05, 0.1) is 0 Å². The van der Waals surface area contributed by atoms with E-state index in [0.29, 0.717) is 11.9 Å². The Morgan fingerprint density at radius 1 is 1.42 bits per heavy atom. The molecule has 2 N–H and O–H groups in total. The van der Waals surface area contributed by atoms with Gasteiger partial charge in [-0.05, 0) is 5.92 Å². The van der Waals surface area contributed by atoms with Crippen LogP contribution >= 0.6 is 35.3 Å². The van der Waals surface area contributed by atoms with Crippen molar-refractivity contribution in [2.75, 3.05) is 37.6 Å². The van der Waals surface area contributed by atoms with Gasteiger partial charge in [-0.2, -0.15) is 0 Å². The number of nitrogens with two attached hydrogens (primary N) is 1. The average Bonchev–Trinajstić information content (AvgIpc) is 2.90. The number of hydrogen-bond donors (Lipinski definition) is 1. The van der Waals surface area contributed by atoms with Crippen LogP contribution in [0.2, 0.25) is 0 Å². The Kier molecular flexibility index (Phi) is 6.84. The first-order chi connectivity index (χ1) is 8.66. The quantitative estimate of drug-likeness (QED) is 0.482. The molecule has 0 aromatic carbocycles. The SMILES string of the molecule is CC(C)CN=C(N)N1CCN(c2nccs2)CC1.I. The Morgan fingerprint density at radius 2 is 2.11 bits per heavy atom. The van der Waals surface area contributed by atoms with Gasteiger partial charge in [0.15, 0.2) is 11.1 Å². The Bertz CT molecular complexity index is 385. The molecular formula is C12H22IN5S. The first-order valence-corrected chi connectivity index (χ1v) is 7.24. The third-order valence-electron chi connectivity index (χ3n) is 2.91. The minimum Gasteiger partial charge on any atom is -0.370 e. The van der Waals surface area contributed by atoms with Gasteiger partial charge in [-0.3, -0.25) is 4.99 Å². The zero-order valence-corrected chi connectivity index (χ0v) is 14.6. The molecule has 1 saturated heterocycles. The van der Waals surface area contributed by atoms with E-state index in [1.807, 2.05) is 11.6 Å². The molecule has 0 atom stereocenters. The zero-order valence-electron chi connectivity index (χ0n) is 11.5. The highest BCUT2D eigenvalue weighted by Gasteiger charge is 2.19. The summed E-state index contributed by atoms with van der Waals surface area (Å²) in [4.78, 5) is 13.2. The lowest BCUT2D eigenvalue weighted by atomic mass is 10.2. The molecule has 7 heteroatoms. The summed E-state index contributed by atoms with van der Waals surface area (Å²) in [5.41, 5.74) is 6.01. The summed E-state index contributed by atoms with van der Waals surface area (Å²) in [6, 6.07) is 0. The number of aliphatic imine (C=N–C) groups is 1. The predicted molar refractivity (Wildman–Crippen MR) is 92.6 cm³/mol. The number of rotatable bonds is 3. The summed E-state index contributed by atoms with van der Waals surface area (Å²) in [6.07, 6.45) is 1.85. The standard InChI is InChI=1S/C12H21N5S.HI/c1-10(2)9-15-11(13)16-4-6-17(7-5-16)12-14-3-8-18-12;/h3,8,10H,4-7,9H2,1-2H3,(H2,13,15);1H. The van der Waals surface area contributed by atoms with Crippen LogP contribution in [0.15, 0.2) is 16.6 Å². The molecule has 108 valence electrons. The maximum atomic E-state index is 6.01. The molecule has 1 aromatic rings. The monoisotopic (exact) mass is 395 g/mol. The summed E-state index contributed by atoms with van der Waals surface area (Å²) in [5, 5.41) is 3.12. The van der Waals surface area contributed by atoms with Crippen molar-refractivity contribution < 1.29 is 0 Å². The first-order valence-electron chi connectivity index (χ1n) is 6.36. The lowest BCUT2D eigenvalue weighted by molar-refractivity contribution is 0.380. The number of aromatic nitrogens is 1. The number of nitrogens with zero attached hydrogens (tertiary/aromatic N) is 4. The van der Waals surface area contributed by atoms with E-state index in [4.69, 9.17) is 5.73 Å². The van der Waals surface area contributed by atoms with Crippen LogP contribution in [-0.2, 0) is 0 Å². The van der Waals surface area contributed by atoms with Crippen LogP contribution in [0.4, 0.5) is 5.13 Å². The Hall–Kier alpha value is -0.570. The van der Waals surface area contributed by atoms with Gasteiger partial charge in [0.1, 0.15) is 0 Å². The van der Waals surface area contributed by atoms with Gasteiger partial charge >= 0.3 is 0 Å². The van der Waals surface area contributed by atoms with Gasteiger partial charge in [0, 0.05) is 44.3 Å². The lowest BCUT2D eigenvalue weighted by Crippen LogP contribution is -2.51. The Labute approximate surface area is 135 Å². The highest BCUT2D eigenvalue weighted by Crippen LogP contribution is 2.18. The van der Waals surface area contributed by atoms with Gasteiger partial charge in [-0.1, -0.05) is 13.8 Å². The molecule has 2 heterocycles. The molecule has 0 spiro atoms. The van der Waals surface area contributed by atoms with Crippen molar-refractivity contribution in [3.8, 4) is 0 Å². The number of anilines is 1. The predicted octanol–water partition coefficient (Wildman–Crippen LogP) is 1.85. The molecule has 1 aliphatic heterocycles. The topological polar surface area (TPSA) is 57.8 Å². The normalized spacial score (nSPS) is 16.7. The number of guanidine groups is 1. The van der Waals surface area contributed by atoms with Crippen molar-refractivity contribution in [2.24, 2.45) is 16.6 Å². The van der Waals surface area contributed by atoms with Gasteiger partial charge < -0.3 is 15.5 Å².